The first-order valence-electron chi connectivity index (χ1n) is 10.3. The fourth-order valence-corrected chi connectivity index (χ4v) is 6.33. The average Bonchev–Trinajstić information content (AvgIpc) is 3.14. The normalized spacial score (nSPS) is 12.6. The molecule has 0 saturated heterocycles. The number of pyridine rings is 1. The number of sulfonamides is 1. The number of hydrogen-bond donors (Lipinski definition) is 1. The second-order valence-corrected chi connectivity index (χ2v) is 10.2. The number of benzene rings is 2. The third kappa shape index (κ3) is 4.79. The van der Waals surface area contributed by atoms with Crippen LogP contribution in [-0.4, -0.2) is 24.0 Å². The molecule has 1 unspecified atom stereocenters. The Bertz CT molecular complexity index is 1490. The summed E-state index contributed by atoms with van der Waals surface area (Å²) in [5.41, 5.74) is 2.41. The number of nitrogens with zero attached hydrogens (tertiary/aromatic N) is 3. The van der Waals surface area contributed by atoms with Crippen LogP contribution in [0.2, 0.25) is 10.0 Å². The molecule has 0 saturated carbocycles. The molecule has 4 rings (SSSR count). The fourth-order valence-electron chi connectivity index (χ4n) is 3.80. The van der Waals surface area contributed by atoms with Crippen LogP contribution in [-0.2, 0) is 16.6 Å². The van der Waals surface area contributed by atoms with E-state index in [2.05, 4.69) is 15.8 Å². The Balaban J connectivity index is 1.64. The molecule has 6 nitrogen and oxygen atoms in total. The van der Waals surface area contributed by atoms with Crippen molar-refractivity contribution in [1.29, 1.82) is 5.26 Å². The molecule has 0 radical (unpaired) electrons. The molecule has 1 atom stereocenters. The summed E-state index contributed by atoms with van der Waals surface area (Å²) in [4.78, 5) is 3.76. The molecule has 34 heavy (non-hydrogen) atoms. The molecule has 0 aliphatic carbocycles. The second-order valence-electron chi connectivity index (χ2n) is 7.70. The monoisotopic (exact) mass is 516 g/mol. The Kier molecular flexibility index (Phi) is 6.91. The largest absolute Gasteiger partial charge is 0.345 e. The van der Waals surface area contributed by atoms with Crippen LogP contribution >= 0.6 is 23.2 Å². The zero-order chi connectivity index (χ0) is 24.5. The molecule has 0 spiro atoms. The van der Waals surface area contributed by atoms with E-state index < -0.39 is 21.9 Å². The van der Waals surface area contributed by atoms with Gasteiger partial charge in [0.2, 0.25) is 10.0 Å². The molecular weight excluding hydrogens is 498 g/mol. The van der Waals surface area contributed by atoms with Gasteiger partial charge in [0.15, 0.2) is 0 Å². The van der Waals surface area contributed by atoms with Gasteiger partial charge in [-0.05, 0) is 60.0 Å². The van der Waals surface area contributed by atoms with Gasteiger partial charge < -0.3 is 4.57 Å². The number of halogens is 3. The Morgan fingerprint density at radius 3 is 2.41 bits per heavy atom. The van der Waals surface area contributed by atoms with Crippen LogP contribution in [0.5, 0.6) is 0 Å². The summed E-state index contributed by atoms with van der Waals surface area (Å²) in [6.45, 7) is 2.06. The van der Waals surface area contributed by atoms with Gasteiger partial charge in [-0.3, -0.25) is 4.98 Å². The fraction of sp³-hybridized carbons (Fsp3) is 0.167. The lowest BCUT2D eigenvalue weighted by Crippen LogP contribution is -2.37. The summed E-state index contributed by atoms with van der Waals surface area (Å²) in [5.74, 6) is -0.450. The summed E-state index contributed by atoms with van der Waals surface area (Å²) < 4.78 is 44.6. The third-order valence-electron chi connectivity index (χ3n) is 5.48. The first-order chi connectivity index (χ1) is 16.2. The number of nitriles is 1. The maximum Gasteiger partial charge on any atom is 0.243 e. The molecule has 0 fully saturated rings. The minimum Gasteiger partial charge on any atom is -0.345 e. The minimum atomic E-state index is -4.08. The van der Waals surface area contributed by atoms with Crippen molar-refractivity contribution in [1.82, 2.24) is 14.3 Å². The smallest absolute Gasteiger partial charge is 0.243 e. The molecule has 2 heterocycles. The van der Waals surface area contributed by atoms with Crippen molar-refractivity contribution in [3.63, 3.8) is 0 Å². The standard InChI is InChI=1S/C24H19Cl2FN4O2S/c1-2-19(14-31-13-17(12-28)20-11-18(27)3-4-23(20)31)30-34(32,33)24-21(25)9-16(10-22(24)26)15-5-7-29-8-6-15/h3-11,13,19,30H,2,14H2,1H3. The van der Waals surface area contributed by atoms with E-state index >= 15 is 0 Å². The number of rotatable bonds is 7. The lowest BCUT2D eigenvalue weighted by Gasteiger charge is -2.20. The van der Waals surface area contributed by atoms with Crippen LogP contribution in [0.4, 0.5) is 4.39 Å². The van der Waals surface area contributed by atoms with E-state index in [1.807, 2.05) is 6.92 Å². The minimum absolute atomic E-state index is 0.00433. The quantitative estimate of drug-likeness (QED) is 0.337. The highest BCUT2D eigenvalue weighted by molar-refractivity contribution is 7.89. The Hall–Kier alpha value is -2.96. The van der Waals surface area contributed by atoms with Crippen LogP contribution < -0.4 is 4.72 Å². The van der Waals surface area contributed by atoms with E-state index in [1.54, 1.807) is 53.5 Å². The predicted octanol–water partition coefficient (Wildman–Crippen LogP) is 5.78. The lowest BCUT2D eigenvalue weighted by atomic mass is 10.1. The van der Waals surface area contributed by atoms with Gasteiger partial charge in [0.1, 0.15) is 16.8 Å². The molecule has 2 aromatic carbocycles. The second kappa shape index (κ2) is 9.72. The van der Waals surface area contributed by atoms with Crippen LogP contribution in [0.3, 0.4) is 0 Å². The highest BCUT2D eigenvalue weighted by Gasteiger charge is 2.26. The molecule has 4 aromatic rings. The van der Waals surface area contributed by atoms with Crippen molar-refractivity contribution in [3.8, 4) is 17.2 Å². The Morgan fingerprint density at radius 1 is 1.12 bits per heavy atom. The van der Waals surface area contributed by atoms with Gasteiger partial charge in [0.05, 0.1) is 15.6 Å². The van der Waals surface area contributed by atoms with Gasteiger partial charge in [-0.15, -0.1) is 0 Å². The number of fused-ring (bicyclic) bond motifs is 1. The average molecular weight is 517 g/mol. The van der Waals surface area contributed by atoms with Gasteiger partial charge in [0.25, 0.3) is 0 Å². The van der Waals surface area contributed by atoms with E-state index in [4.69, 9.17) is 23.2 Å². The summed E-state index contributed by atoms with van der Waals surface area (Å²) in [5, 5.41) is 9.86. The SMILES string of the molecule is CCC(Cn1cc(C#N)c2cc(F)ccc21)NS(=O)(=O)c1c(Cl)cc(-c2ccncc2)cc1Cl. The van der Waals surface area contributed by atoms with Crippen molar-refractivity contribution < 1.29 is 12.8 Å². The predicted molar refractivity (Wildman–Crippen MR) is 131 cm³/mol. The molecule has 0 amide bonds. The molecule has 1 N–H and O–H groups in total. The van der Waals surface area contributed by atoms with Crippen LogP contribution in [0.15, 0.2) is 66.0 Å². The summed E-state index contributed by atoms with van der Waals surface area (Å²) in [7, 11) is -4.08. The summed E-state index contributed by atoms with van der Waals surface area (Å²) in [6, 6.07) is 12.3. The van der Waals surface area contributed by atoms with E-state index in [0.717, 1.165) is 5.56 Å². The lowest BCUT2D eigenvalue weighted by molar-refractivity contribution is 0.491. The van der Waals surface area contributed by atoms with Gasteiger partial charge in [-0.2, -0.15) is 5.26 Å². The molecule has 0 bridgehead atoms. The molecule has 174 valence electrons. The van der Waals surface area contributed by atoms with Crippen LogP contribution in [0.25, 0.3) is 22.0 Å². The van der Waals surface area contributed by atoms with Gasteiger partial charge in [-0.25, -0.2) is 17.5 Å². The zero-order valence-corrected chi connectivity index (χ0v) is 20.3. The van der Waals surface area contributed by atoms with Crippen molar-refractivity contribution in [2.75, 3.05) is 0 Å². The van der Waals surface area contributed by atoms with Crippen LogP contribution in [0.1, 0.15) is 18.9 Å². The molecule has 0 aliphatic rings. The number of aromatic nitrogens is 2. The highest BCUT2D eigenvalue weighted by Crippen LogP contribution is 2.35. The highest BCUT2D eigenvalue weighted by atomic mass is 35.5. The van der Waals surface area contributed by atoms with Crippen molar-refractivity contribution >= 4 is 44.1 Å². The van der Waals surface area contributed by atoms with E-state index in [9.17, 15) is 18.1 Å². The zero-order valence-electron chi connectivity index (χ0n) is 18.0. The van der Waals surface area contributed by atoms with E-state index in [1.165, 1.54) is 12.1 Å². The Labute approximate surface area is 206 Å². The maximum absolute atomic E-state index is 13.7. The maximum atomic E-state index is 13.7. The van der Waals surface area contributed by atoms with Gasteiger partial charge in [-0.1, -0.05) is 30.1 Å². The third-order valence-corrected chi connectivity index (χ3v) is 7.92. The molecular formula is C24H19Cl2FN4O2S. The number of hydrogen-bond acceptors (Lipinski definition) is 4. The van der Waals surface area contributed by atoms with Gasteiger partial charge >= 0.3 is 0 Å². The topological polar surface area (TPSA) is 87.8 Å². The molecule has 2 aromatic heterocycles. The molecule has 0 aliphatic heterocycles. The molecule has 10 heteroatoms. The van der Waals surface area contributed by atoms with Crippen molar-refractivity contribution in [2.24, 2.45) is 0 Å². The Morgan fingerprint density at radius 2 is 1.79 bits per heavy atom. The first-order valence-corrected chi connectivity index (χ1v) is 12.6. The van der Waals surface area contributed by atoms with E-state index in [-0.39, 0.29) is 21.5 Å². The first kappa shape index (κ1) is 24.2. The summed E-state index contributed by atoms with van der Waals surface area (Å²) >= 11 is 12.7. The summed E-state index contributed by atoms with van der Waals surface area (Å²) in [6.07, 6.45) is 5.27. The van der Waals surface area contributed by atoms with Crippen molar-refractivity contribution in [3.05, 3.63) is 82.5 Å². The van der Waals surface area contributed by atoms with Gasteiger partial charge in [0, 0.05) is 42.1 Å². The number of nitrogens with one attached hydrogen (secondary N) is 1. The van der Waals surface area contributed by atoms with E-state index in [0.29, 0.717) is 28.5 Å². The van der Waals surface area contributed by atoms with Crippen LogP contribution in [0, 0.1) is 17.1 Å². The van der Waals surface area contributed by atoms with Crippen molar-refractivity contribution in [2.45, 2.75) is 30.8 Å².